The van der Waals surface area contributed by atoms with Gasteiger partial charge in [-0.05, 0) is 107 Å². The molecule has 5 rings (SSSR count). The third-order valence-corrected chi connectivity index (χ3v) is 11.0. The second kappa shape index (κ2) is 18.8. The molecule has 2 aromatic rings. The lowest BCUT2D eigenvalue weighted by Gasteiger charge is -2.29. The van der Waals surface area contributed by atoms with E-state index in [0.717, 1.165) is 73.3 Å². The molecule has 1 heterocycles. The van der Waals surface area contributed by atoms with Gasteiger partial charge in [0.25, 0.3) is 5.92 Å². The Morgan fingerprint density at radius 3 is 2.62 bits per heavy atom. The largest absolute Gasteiger partial charge is 0.495 e. The molecule has 55 heavy (non-hydrogen) atoms. The fourth-order valence-corrected chi connectivity index (χ4v) is 7.92. The van der Waals surface area contributed by atoms with Gasteiger partial charge in [-0.3, -0.25) is 9.63 Å². The van der Waals surface area contributed by atoms with Crippen molar-refractivity contribution in [3.05, 3.63) is 113 Å². The number of hydrogen-bond donors (Lipinski definition) is 1. The number of halogens is 2. The molecule has 2 aromatic carbocycles. The smallest absolute Gasteiger partial charge is 0.280 e. The molecule has 0 aromatic heterocycles. The lowest BCUT2D eigenvalue weighted by Crippen LogP contribution is -2.28. The van der Waals surface area contributed by atoms with Crippen LogP contribution >= 0.6 is 0 Å². The van der Waals surface area contributed by atoms with Gasteiger partial charge in [-0.25, -0.2) is 13.8 Å². The van der Waals surface area contributed by atoms with Gasteiger partial charge in [-0.1, -0.05) is 60.6 Å². The number of amides is 1. The molecule has 3 aliphatic rings. The Labute approximate surface area is 327 Å². The fraction of sp³-hybridized carbons (Fsp3) is 0.457. The van der Waals surface area contributed by atoms with Crippen molar-refractivity contribution >= 4 is 22.9 Å². The maximum absolute atomic E-state index is 16.1. The second-order valence-corrected chi connectivity index (χ2v) is 15.0. The van der Waals surface area contributed by atoms with E-state index >= 15 is 8.78 Å². The van der Waals surface area contributed by atoms with E-state index in [1.165, 1.54) is 29.4 Å². The van der Waals surface area contributed by atoms with Crippen LogP contribution in [0.4, 0.5) is 20.2 Å². The molecule has 0 bridgehead atoms. The van der Waals surface area contributed by atoms with Crippen molar-refractivity contribution in [2.45, 2.75) is 97.4 Å². The van der Waals surface area contributed by atoms with Crippen LogP contribution in [0.25, 0.3) is 5.57 Å². The Hall–Kier alpha value is -4.63. The van der Waals surface area contributed by atoms with Crippen LogP contribution in [0.3, 0.4) is 0 Å². The number of nitrogens with one attached hydrogen (secondary N) is 1. The summed E-state index contributed by atoms with van der Waals surface area (Å²) < 4.78 is 45.0. The normalized spacial score (nSPS) is 20.4. The second-order valence-electron chi connectivity index (χ2n) is 15.0. The average Bonchev–Trinajstić information content (AvgIpc) is 3.21. The maximum Gasteiger partial charge on any atom is 0.280 e. The van der Waals surface area contributed by atoms with Crippen molar-refractivity contribution in [1.29, 1.82) is 0 Å². The molecule has 1 N–H and O–H groups in total. The lowest BCUT2D eigenvalue weighted by molar-refractivity contribution is -0.167. The number of carbonyl (C=O) groups is 1. The van der Waals surface area contributed by atoms with Crippen molar-refractivity contribution in [3.63, 3.8) is 0 Å². The molecular weight excluding hydrogens is 697 g/mol. The van der Waals surface area contributed by atoms with Crippen molar-refractivity contribution in [1.82, 2.24) is 5.06 Å². The molecule has 0 saturated carbocycles. The molecule has 0 spiro atoms. The van der Waals surface area contributed by atoms with Crippen molar-refractivity contribution in [3.8, 4) is 11.5 Å². The van der Waals surface area contributed by atoms with Gasteiger partial charge in [-0.15, -0.1) is 6.58 Å². The third-order valence-electron chi connectivity index (χ3n) is 11.0. The van der Waals surface area contributed by atoms with Crippen LogP contribution in [0.15, 0.2) is 101 Å². The third kappa shape index (κ3) is 10.2. The van der Waals surface area contributed by atoms with Crippen LogP contribution in [0.5, 0.6) is 11.5 Å². The number of aryl methyl sites for hydroxylation is 1. The summed E-state index contributed by atoms with van der Waals surface area (Å²) in [7, 11) is 4.80. The first-order valence-electron chi connectivity index (χ1n) is 19.6. The predicted molar refractivity (Wildman–Crippen MR) is 221 cm³/mol. The number of nitrogens with zero attached hydrogens (tertiary/aromatic N) is 2. The Bertz CT molecular complexity index is 1870. The van der Waals surface area contributed by atoms with Crippen molar-refractivity contribution in [2.75, 3.05) is 44.6 Å². The minimum atomic E-state index is -3.19. The van der Waals surface area contributed by atoms with E-state index in [0.29, 0.717) is 42.3 Å². The first kappa shape index (κ1) is 41.5. The van der Waals surface area contributed by atoms with E-state index < -0.39 is 12.3 Å². The molecule has 0 radical (unpaired) electrons. The molecule has 2 unspecified atom stereocenters. The maximum atomic E-state index is 16.1. The Kier molecular flexibility index (Phi) is 14.2. The topological polar surface area (TPSA) is 63.3 Å². The van der Waals surface area contributed by atoms with Crippen LogP contribution in [0, 0.1) is 5.92 Å². The van der Waals surface area contributed by atoms with Crippen LogP contribution in [-0.2, 0) is 16.1 Å². The minimum absolute atomic E-state index is 0.0478. The molecule has 2 atom stereocenters. The molecule has 1 amide bonds. The summed E-state index contributed by atoms with van der Waals surface area (Å²) in [6, 6.07) is 12.0. The molecule has 7 nitrogen and oxygen atoms in total. The molecule has 0 saturated heterocycles. The first-order chi connectivity index (χ1) is 26.4. The summed E-state index contributed by atoms with van der Waals surface area (Å²) in [5, 5.41) is 4.96. The molecule has 2 aliphatic carbocycles. The Balaban J connectivity index is 1.44. The van der Waals surface area contributed by atoms with Crippen LogP contribution < -0.4 is 19.7 Å². The van der Waals surface area contributed by atoms with Crippen LogP contribution in [-0.4, -0.2) is 57.3 Å². The van der Waals surface area contributed by atoms with Gasteiger partial charge in [0.2, 0.25) is 5.91 Å². The monoisotopic (exact) mass is 755 g/mol. The quantitative estimate of drug-likeness (QED) is 0.172. The molecule has 1 aliphatic heterocycles. The number of benzene rings is 2. The standard InChI is InChI=1S/C46H59F2N3O4/c1-9-24-46(47,48)39-27-31(3)18-21-36(28-33(5)45(39)55-41-17-11-16-35-20-19-32(4)38(10-2)44(35)41)49-40-23-22-37(30-42(40)53-7)51-25-12-14-34(15-13-26-51)29-43(52)50(6)54-8/h9-11,14,16-17,22-23,27-28,30,32,36,49H,1,12-13,15,18-21,24-26,29H2,2-8H3. The molecular formula is C46H59F2N3O4. The van der Waals surface area contributed by atoms with Gasteiger partial charge < -0.3 is 19.7 Å². The van der Waals surface area contributed by atoms with E-state index in [4.69, 9.17) is 14.3 Å². The highest BCUT2D eigenvalue weighted by Crippen LogP contribution is 2.44. The first-order valence-corrected chi connectivity index (χ1v) is 19.6. The van der Waals surface area contributed by atoms with Gasteiger partial charge in [-0.2, -0.15) is 0 Å². The van der Waals surface area contributed by atoms with Gasteiger partial charge in [0.15, 0.2) is 0 Å². The van der Waals surface area contributed by atoms with Gasteiger partial charge >= 0.3 is 0 Å². The number of hydroxylamine groups is 2. The fourth-order valence-electron chi connectivity index (χ4n) is 7.92. The average molecular weight is 756 g/mol. The number of methoxy groups -OCH3 is 1. The lowest BCUT2D eigenvalue weighted by atomic mass is 9.80. The number of ether oxygens (including phenoxy) is 2. The summed E-state index contributed by atoms with van der Waals surface area (Å²) in [4.78, 5) is 19.8. The highest BCUT2D eigenvalue weighted by atomic mass is 19.3. The molecule has 296 valence electrons. The SMILES string of the molecule is C=CCC(F)(F)C1=C(Oc2cccc3c2C(=CC)C(C)CC3)C(C)=CC(Nc2ccc(N3CCC=C(CC(=O)N(C)OC)CCC3)cc2OC)CCC(C)=C1. The van der Waals surface area contributed by atoms with E-state index in [1.807, 2.05) is 45.0 Å². The summed E-state index contributed by atoms with van der Waals surface area (Å²) >= 11 is 0. The zero-order valence-electron chi connectivity index (χ0n) is 33.8. The number of fused-ring (bicyclic) bond motifs is 1. The van der Waals surface area contributed by atoms with E-state index in [2.05, 4.69) is 54.1 Å². The summed E-state index contributed by atoms with van der Waals surface area (Å²) in [5.41, 5.74) is 7.74. The number of allylic oxidation sites excluding steroid dienone is 7. The number of anilines is 2. The zero-order chi connectivity index (χ0) is 39.7. The number of hydrogen-bond acceptors (Lipinski definition) is 6. The highest BCUT2D eigenvalue weighted by Gasteiger charge is 2.37. The predicted octanol–water partition coefficient (Wildman–Crippen LogP) is 11.0. The highest BCUT2D eigenvalue weighted by molar-refractivity contribution is 5.77. The van der Waals surface area contributed by atoms with Crippen LogP contribution in [0.1, 0.15) is 90.2 Å². The Morgan fingerprint density at radius 1 is 1.09 bits per heavy atom. The van der Waals surface area contributed by atoms with Crippen LogP contribution in [0.2, 0.25) is 0 Å². The minimum Gasteiger partial charge on any atom is -0.495 e. The summed E-state index contributed by atoms with van der Waals surface area (Å²) in [6.07, 6.45) is 14.9. The van der Waals surface area contributed by atoms with Gasteiger partial charge in [0.05, 0.1) is 25.5 Å². The number of alkyl halides is 2. The molecule has 9 heteroatoms. The van der Waals surface area contributed by atoms with Crippen molar-refractivity contribution in [2.24, 2.45) is 5.92 Å². The van der Waals surface area contributed by atoms with E-state index in [-0.39, 0.29) is 23.3 Å². The Morgan fingerprint density at radius 2 is 1.89 bits per heavy atom. The summed E-state index contributed by atoms with van der Waals surface area (Å²) in [6.45, 7) is 13.3. The van der Waals surface area contributed by atoms with Gasteiger partial charge in [0.1, 0.15) is 17.3 Å². The molecule has 0 fully saturated rings. The number of carbonyl (C=O) groups excluding carboxylic acids is 1. The summed E-state index contributed by atoms with van der Waals surface area (Å²) in [5.74, 6) is -1.42. The van der Waals surface area contributed by atoms with Gasteiger partial charge in [0, 0.05) is 56.3 Å². The zero-order valence-corrected chi connectivity index (χ0v) is 33.8. The van der Waals surface area contributed by atoms with Crippen molar-refractivity contribution < 1.29 is 27.9 Å². The van der Waals surface area contributed by atoms with E-state index in [9.17, 15) is 4.79 Å². The van der Waals surface area contributed by atoms with E-state index in [1.54, 1.807) is 20.2 Å². The number of rotatable bonds is 12.